The fourth-order valence-electron chi connectivity index (χ4n) is 1.92. The van der Waals surface area contributed by atoms with Gasteiger partial charge in [0.1, 0.15) is 5.82 Å². The van der Waals surface area contributed by atoms with Gasteiger partial charge in [-0.1, -0.05) is 18.2 Å². The van der Waals surface area contributed by atoms with Crippen LogP contribution >= 0.6 is 15.9 Å². The molecule has 2 aliphatic rings. The highest BCUT2D eigenvalue weighted by molar-refractivity contribution is 9.10. The second-order valence-electron chi connectivity index (χ2n) is 3.53. The van der Waals surface area contributed by atoms with Crippen LogP contribution in [0.2, 0.25) is 0 Å². The van der Waals surface area contributed by atoms with E-state index in [4.69, 9.17) is 0 Å². The Kier molecular flexibility index (Phi) is 1.89. The maximum Gasteiger partial charge on any atom is 0.138 e. The van der Waals surface area contributed by atoms with Crippen molar-refractivity contribution in [2.45, 2.75) is 6.42 Å². The molecule has 0 unspecified atom stereocenters. The van der Waals surface area contributed by atoms with Crippen LogP contribution in [0.5, 0.6) is 0 Å². The molecule has 3 heteroatoms. The molecule has 0 saturated carbocycles. The smallest absolute Gasteiger partial charge is 0.138 e. The second-order valence-corrected chi connectivity index (χ2v) is 4.32. The highest BCUT2D eigenvalue weighted by Gasteiger charge is 2.24. The summed E-state index contributed by atoms with van der Waals surface area (Å²) in [6, 6.07) is 3.17. The molecule has 0 fully saturated rings. The number of hydrogen-bond donors (Lipinski definition) is 0. The third kappa shape index (κ3) is 1.23. The third-order valence-corrected chi connectivity index (χ3v) is 3.39. The number of benzene rings is 1. The molecule has 1 aliphatic heterocycles. The van der Waals surface area contributed by atoms with Crippen molar-refractivity contribution in [3.8, 4) is 0 Å². The van der Waals surface area contributed by atoms with Gasteiger partial charge in [-0.15, -0.1) is 0 Å². The molecule has 1 aliphatic carbocycles. The number of nitrogens with zero attached hydrogens (tertiary/aromatic N) is 1. The Morgan fingerprint density at radius 1 is 1.33 bits per heavy atom. The summed E-state index contributed by atoms with van der Waals surface area (Å²) in [5.74, 6) is -0.236. The summed E-state index contributed by atoms with van der Waals surface area (Å²) in [5, 5.41) is 0. The monoisotopic (exact) mass is 263 g/mol. The van der Waals surface area contributed by atoms with E-state index in [-0.39, 0.29) is 5.82 Å². The number of rotatable bonds is 0. The number of hydrogen-bond acceptors (Lipinski definition) is 1. The summed E-state index contributed by atoms with van der Waals surface area (Å²) in [5.41, 5.74) is 3.81. The molecular weight excluding hydrogens is 257 g/mol. The first-order valence-electron chi connectivity index (χ1n) is 4.70. The first-order valence-corrected chi connectivity index (χ1v) is 5.50. The van der Waals surface area contributed by atoms with Crippen LogP contribution in [-0.2, 0) is 0 Å². The maximum atomic E-state index is 13.4. The Labute approximate surface area is 95.2 Å². The molecule has 3 rings (SSSR count). The van der Waals surface area contributed by atoms with E-state index in [1.54, 1.807) is 6.07 Å². The second kappa shape index (κ2) is 3.14. The summed E-state index contributed by atoms with van der Waals surface area (Å²) in [7, 11) is 0. The molecule has 1 aromatic rings. The topological polar surface area (TPSA) is 12.4 Å². The minimum absolute atomic E-state index is 0.236. The van der Waals surface area contributed by atoms with Gasteiger partial charge in [-0.3, -0.25) is 4.99 Å². The van der Waals surface area contributed by atoms with Crippen molar-refractivity contribution < 1.29 is 4.39 Å². The Bertz CT molecular complexity index is 541. The molecule has 0 aromatic heterocycles. The predicted octanol–water partition coefficient (Wildman–Crippen LogP) is 4.02. The van der Waals surface area contributed by atoms with Crippen LogP contribution in [0.1, 0.15) is 12.0 Å². The lowest BCUT2D eigenvalue weighted by Crippen LogP contribution is -1.99. The van der Waals surface area contributed by atoms with E-state index in [0.717, 1.165) is 29.0 Å². The molecule has 74 valence electrons. The van der Waals surface area contributed by atoms with Gasteiger partial charge in [0.15, 0.2) is 0 Å². The van der Waals surface area contributed by atoms with Crippen LogP contribution in [0.25, 0.3) is 5.57 Å². The largest absolute Gasteiger partial charge is 0.252 e. The summed E-state index contributed by atoms with van der Waals surface area (Å²) >= 11 is 3.28. The van der Waals surface area contributed by atoms with E-state index in [2.05, 4.69) is 27.0 Å². The van der Waals surface area contributed by atoms with Gasteiger partial charge >= 0.3 is 0 Å². The van der Waals surface area contributed by atoms with Crippen molar-refractivity contribution in [1.29, 1.82) is 0 Å². The van der Waals surface area contributed by atoms with Crippen LogP contribution in [0.4, 0.5) is 10.1 Å². The van der Waals surface area contributed by atoms with Gasteiger partial charge in [0.2, 0.25) is 0 Å². The van der Waals surface area contributed by atoms with E-state index < -0.39 is 0 Å². The van der Waals surface area contributed by atoms with Crippen molar-refractivity contribution in [2.75, 3.05) is 0 Å². The zero-order valence-corrected chi connectivity index (χ0v) is 9.38. The first kappa shape index (κ1) is 9.04. The molecule has 0 atom stereocenters. The van der Waals surface area contributed by atoms with E-state index in [1.807, 2.05) is 12.2 Å². The lowest BCUT2D eigenvalue weighted by molar-refractivity contribution is 0.621. The molecule has 15 heavy (non-hydrogen) atoms. The van der Waals surface area contributed by atoms with E-state index in [9.17, 15) is 4.39 Å². The van der Waals surface area contributed by atoms with Crippen LogP contribution in [0, 0.1) is 5.82 Å². The minimum Gasteiger partial charge on any atom is -0.252 e. The van der Waals surface area contributed by atoms with Crippen molar-refractivity contribution in [3.05, 3.63) is 46.2 Å². The highest BCUT2D eigenvalue weighted by atomic mass is 79.9. The molecule has 1 nitrogen and oxygen atoms in total. The fourth-order valence-corrected chi connectivity index (χ4v) is 2.47. The normalized spacial score (nSPS) is 16.9. The van der Waals surface area contributed by atoms with Gasteiger partial charge in [-0.2, -0.15) is 0 Å². The van der Waals surface area contributed by atoms with E-state index in [1.165, 1.54) is 6.07 Å². The zero-order valence-electron chi connectivity index (χ0n) is 7.80. The Morgan fingerprint density at radius 2 is 2.20 bits per heavy atom. The van der Waals surface area contributed by atoms with E-state index in [0.29, 0.717) is 4.47 Å². The van der Waals surface area contributed by atoms with Gasteiger partial charge in [0.25, 0.3) is 0 Å². The van der Waals surface area contributed by atoms with Gasteiger partial charge in [0, 0.05) is 17.6 Å². The van der Waals surface area contributed by atoms with Crippen molar-refractivity contribution in [2.24, 2.45) is 4.99 Å². The number of halogens is 2. The van der Waals surface area contributed by atoms with Crippen LogP contribution in [0.15, 0.2) is 39.8 Å². The molecular formula is C12H7BrFN. The summed E-state index contributed by atoms with van der Waals surface area (Å²) in [6.07, 6.45) is 6.85. The van der Waals surface area contributed by atoms with Gasteiger partial charge in [-0.25, -0.2) is 4.39 Å². The Morgan fingerprint density at radius 3 is 3.07 bits per heavy atom. The van der Waals surface area contributed by atoms with E-state index >= 15 is 0 Å². The van der Waals surface area contributed by atoms with Crippen molar-refractivity contribution >= 4 is 32.9 Å². The molecule has 0 saturated heterocycles. The molecule has 0 bridgehead atoms. The minimum atomic E-state index is -0.236. The average Bonchev–Trinajstić information content (AvgIpc) is 2.62. The summed E-state index contributed by atoms with van der Waals surface area (Å²) < 4.78 is 13.9. The van der Waals surface area contributed by atoms with Gasteiger partial charge < -0.3 is 0 Å². The quantitative estimate of drug-likeness (QED) is 0.671. The Balaban J connectivity index is 2.30. The molecule has 0 amide bonds. The third-order valence-electron chi connectivity index (χ3n) is 2.62. The highest BCUT2D eigenvalue weighted by Crippen LogP contribution is 2.42. The standard InChI is InChI=1S/C12H7BrFN/c13-12-8(14)5-6-10-11(12)7-3-1-2-4-9(7)15-10/h1-3,5-6H,4H2. The molecule has 0 spiro atoms. The SMILES string of the molecule is Fc1ccc2c(c1Br)C1=CC=CCC1=N2. The molecule has 1 aromatic carbocycles. The Hall–Kier alpha value is -1.22. The van der Waals surface area contributed by atoms with Crippen LogP contribution in [-0.4, -0.2) is 5.71 Å². The average molecular weight is 264 g/mol. The lowest BCUT2D eigenvalue weighted by Gasteiger charge is -2.07. The van der Waals surface area contributed by atoms with Crippen molar-refractivity contribution in [3.63, 3.8) is 0 Å². The molecule has 1 heterocycles. The number of allylic oxidation sites excluding steroid dienone is 4. The van der Waals surface area contributed by atoms with Crippen LogP contribution < -0.4 is 0 Å². The van der Waals surface area contributed by atoms with Crippen LogP contribution in [0.3, 0.4) is 0 Å². The van der Waals surface area contributed by atoms with Gasteiger partial charge in [0.05, 0.1) is 15.9 Å². The predicted molar refractivity (Wildman–Crippen MR) is 62.9 cm³/mol. The number of aliphatic imine (C=N–C) groups is 1. The molecule has 0 N–H and O–H groups in total. The van der Waals surface area contributed by atoms with Gasteiger partial charge in [-0.05, 0) is 28.1 Å². The maximum absolute atomic E-state index is 13.4. The molecule has 0 radical (unpaired) electrons. The fraction of sp³-hybridized carbons (Fsp3) is 0.0833. The summed E-state index contributed by atoms with van der Waals surface area (Å²) in [4.78, 5) is 4.48. The first-order chi connectivity index (χ1) is 7.27. The van der Waals surface area contributed by atoms with Crippen molar-refractivity contribution in [1.82, 2.24) is 0 Å². The lowest BCUT2D eigenvalue weighted by atomic mass is 9.97. The summed E-state index contributed by atoms with van der Waals surface area (Å²) in [6.45, 7) is 0. The number of fused-ring (bicyclic) bond motifs is 3. The zero-order chi connectivity index (χ0) is 10.4.